The highest BCUT2D eigenvalue weighted by atomic mass is 16.5. The van der Waals surface area contributed by atoms with Gasteiger partial charge >= 0.3 is 5.97 Å². The van der Waals surface area contributed by atoms with Crippen molar-refractivity contribution in [3.8, 4) is 5.75 Å². The Morgan fingerprint density at radius 1 is 1.59 bits per heavy atom. The van der Waals surface area contributed by atoms with Crippen molar-refractivity contribution in [1.29, 1.82) is 0 Å². The summed E-state index contributed by atoms with van der Waals surface area (Å²) in [6.45, 7) is 0. The van der Waals surface area contributed by atoms with Gasteiger partial charge in [0.25, 0.3) is 0 Å². The molecular weight excluding hydrogens is 220 g/mol. The van der Waals surface area contributed by atoms with Crippen LogP contribution in [0.2, 0.25) is 0 Å². The Bertz CT molecular complexity index is 479. The van der Waals surface area contributed by atoms with Gasteiger partial charge in [-0.05, 0) is 25.0 Å². The molecule has 1 aliphatic rings. The van der Waals surface area contributed by atoms with Crippen LogP contribution >= 0.6 is 0 Å². The van der Waals surface area contributed by atoms with E-state index in [1.807, 2.05) is 0 Å². The first-order chi connectivity index (χ1) is 8.11. The van der Waals surface area contributed by atoms with E-state index >= 15 is 0 Å². The topological polar surface area (TPSA) is 84.9 Å². The lowest BCUT2D eigenvalue weighted by Crippen LogP contribution is -2.04. The number of rotatable bonds is 4. The molecule has 5 nitrogen and oxygen atoms in total. The average molecular weight is 234 g/mol. The zero-order valence-electron chi connectivity index (χ0n) is 9.51. The first-order valence-corrected chi connectivity index (χ1v) is 5.36. The Hall–Kier alpha value is -2.04. The smallest absolute Gasteiger partial charge is 0.335 e. The van der Waals surface area contributed by atoms with Crippen LogP contribution in [0.4, 0.5) is 5.69 Å². The van der Waals surface area contributed by atoms with Crippen LogP contribution in [-0.2, 0) is 0 Å². The summed E-state index contributed by atoms with van der Waals surface area (Å²) in [4.78, 5) is 15.2. The van der Waals surface area contributed by atoms with Gasteiger partial charge in [-0.3, -0.25) is 4.99 Å². The molecule has 0 aliphatic heterocycles. The van der Waals surface area contributed by atoms with Crippen molar-refractivity contribution < 1.29 is 14.6 Å². The third-order valence-electron chi connectivity index (χ3n) is 2.61. The number of hydrogen-bond donors (Lipinski definition) is 2. The quantitative estimate of drug-likeness (QED) is 0.611. The number of carbonyl (C=O) groups is 1. The number of aromatic carboxylic acids is 1. The van der Waals surface area contributed by atoms with E-state index in [1.165, 1.54) is 19.2 Å². The van der Waals surface area contributed by atoms with E-state index in [4.69, 9.17) is 15.6 Å². The van der Waals surface area contributed by atoms with Gasteiger partial charge in [-0.1, -0.05) is 0 Å². The Labute approximate surface area is 98.9 Å². The van der Waals surface area contributed by atoms with Crippen LogP contribution in [-0.4, -0.2) is 30.4 Å². The summed E-state index contributed by atoms with van der Waals surface area (Å²) in [6.07, 6.45) is 3.81. The highest BCUT2D eigenvalue weighted by Gasteiger charge is 2.19. The number of hydrogen-bond acceptors (Lipinski definition) is 4. The standard InChI is InChI=1S/C12H14N2O3/c1-17-10-5-7(12(15)16)4-8(11(10)13)6-14-9-2-3-9/h4-6,9H,2-3,13H2,1H3,(H,15,16). The van der Waals surface area contributed by atoms with E-state index in [0.29, 0.717) is 23.0 Å². The van der Waals surface area contributed by atoms with Gasteiger partial charge in [-0.2, -0.15) is 0 Å². The van der Waals surface area contributed by atoms with Crippen molar-refractivity contribution in [1.82, 2.24) is 0 Å². The second kappa shape index (κ2) is 4.45. The maximum absolute atomic E-state index is 10.9. The molecule has 0 atom stereocenters. The molecule has 0 unspecified atom stereocenters. The fourth-order valence-corrected chi connectivity index (χ4v) is 1.46. The fraction of sp³-hybridized carbons (Fsp3) is 0.333. The van der Waals surface area contributed by atoms with Crippen LogP contribution in [0.1, 0.15) is 28.8 Å². The summed E-state index contributed by atoms with van der Waals surface area (Å²) < 4.78 is 5.05. The van der Waals surface area contributed by atoms with E-state index < -0.39 is 5.97 Å². The van der Waals surface area contributed by atoms with Crippen LogP contribution in [0.5, 0.6) is 5.75 Å². The van der Waals surface area contributed by atoms with Crippen LogP contribution in [0.3, 0.4) is 0 Å². The molecule has 17 heavy (non-hydrogen) atoms. The number of nitrogens with zero attached hydrogens (tertiary/aromatic N) is 1. The number of ether oxygens (including phenoxy) is 1. The van der Waals surface area contributed by atoms with Gasteiger partial charge in [0.2, 0.25) is 0 Å². The molecule has 1 aliphatic carbocycles. The van der Waals surface area contributed by atoms with Gasteiger partial charge in [0.15, 0.2) is 0 Å². The summed E-state index contributed by atoms with van der Waals surface area (Å²) in [6, 6.07) is 3.28. The zero-order valence-corrected chi connectivity index (χ0v) is 9.51. The average Bonchev–Trinajstić information content (AvgIpc) is 3.11. The molecule has 1 saturated carbocycles. The maximum Gasteiger partial charge on any atom is 0.335 e. The van der Waals surface area contributed by atoms with Gasteiger partial charge in [-0.25, -0.2) is 4.79 Å². The second-order valence-electron chi connectivity index (χ2n) is 4.00. The van der Waals surface area contributed by atoms with Gasteiger partial charge < -0.3 is 15.6 Å². The fourth-order valence-electron chi connectivity index (χ4n) is 1.46. The minimum atomic E-state index is -1.01. The van der Waals surface area contributed by atoms with Crippen molar-refractivity contribution in [3.05, 3.63) is 23.3 Å². The number of nitrogen functional groups attached to an aromatic ring is 1. The summed E-state index contributed by atoms with van der Waals surface area (Å²) in [7, 11) is 1.46. The Kier molecular flexibility index (Phi) is 2.99. The van der Waals surface area contributed by atoms with Crippen molar-refractivity contribution in [2.45, 2.75) is 18.9 Å². The molecule has 0 spiro atoms. The molecule has 1 fully saturated rings. The van der Waals surface area contributed by atoms with Gasteiger partial charge in [0, 0.05) is 11.8 Å². The van der Waals surface area contributed by atoms with Crippen molar-refractivity contribution in [3.63, 3.8) is 0 Å². The van der Waals surface area contributed by atoms with Crippen molar-refractivity contribution in [2.24, 2.45) is 4.99 Å². The van der Waals surface area contributed by atoms with E-state index in [9.17, 15) is 4.79 Å². The summed E-state index contributed by atoms with van der Waals surface area (Å²) >= 11 is 0. The number of carboxylic acid groups (broad SMARTS) is 1. The molecule has 0 saturated heterocycles. The minimum absolute atomic E-state index is 0.147. The molecule has 0 bridgehead atoms. The highest BCUT2D eigenvalue weighted by molar-refractivity contribution is 5.96. The van der Waals surface area contributed by atoms with Gasteiger partial charge in [0.05, 0.1) is 24.4 Å². The molecule has 1 aromatic carbocycles. The molecular formula is C12H14N2O3. The van der Waals surface area contributed by atoms with Crippen molar-refractivity contribution in [2.75, 3.05) is 12.8 Å². The molecule has 0 aromatic heterocycles. The van der Waals surface area contributed by atoms with E-state index in [-0.39, 0.29) is 5.56 Å². The maximum atomic E-state index is 10.9. The van der Waals surface area contributed by atoms with Gasteiger partial charge in [-0.15, -0.1) is 0 Å². The molecule has 90 valence electrons. The lowest BCUT2D eigenvalue weighted by atomic mass is 10.1. The zero-order chi connectivity index (χ0) is 12.4. The summed E-state index contributed by atoms with van der Waals surface area (Å²) in [5.41, 5.74) is 7.02. The first kappa shape index (κ1) is 11.4. The number of carboxylic acids is 1. The number of benzene rings is 1. The number of methoxy groups -OCH3 is 1. The Balaban J connectivity index is 2.40. The van der Waals surface area contributed by atoms with Crippen LogP contribution in [0.25, 0.3) is 0 Å². The van der Waals surface area contributed by atoms with E-state index in [2.05, 4.69) is 4.99 Å². The van der Waals surface area contributed by atoms with Crippen LogP contribution in [0, 0.1) is 0 Å². The normalized spacial score (nSPS) is 15.1. The largest absolute Gasteiger partial charge is 0.495 e. The Morgan fingerprint density at radius 2 is 2.29 bits per heavy atom. The SMILES string of the molecule is COc1cc(C(=O)O)cc(C=NC2CC2)c1N. The summed E-state index contributed by atoms with van der Waals surface area (Å²) in [5.74, 6) is -0.647. The molecule has 0 amide bonds. The molecule has 1 aromatic rings. The lowest BCUT2D eigenvalue weighted by Gasteiger charge is -2.08. The minimum Gasteiger partial charge on any atom is -0.495 e. The van der Waals surface area contributed by atoms with Crippen molar-refractivity contribution >= 4 is 17.9 Å². The van der Waals surface area contributed by atoms with Gasteiger partial charge in [0.1, 0.15) is 5.75 Å². The number of nitrogens with two attached hydrogens (primary N) is 1. The van der Waals surface area contributed by atoms with Crippen LogP contribution < -0.4 is 10.5 Å². The summed E-state index contributed by atoms with van der Waals surface area (Å²) in [5, 5.41) is 8.97. The number of aliphatic imine (C=N–C) groups is 1. The second-order valence-corrected chi connectivity index (χ2v) is 4.00. The van der Waals surface area contributed by atoms with E-state index in [1.54, 1.807) is 6.21 Å². The highest BCUT2D eigenvalue weighted by Crippen LogP contribution is 2.28. The predicted octanol–water partition coefficient (Wildman–Crippen LogP) is 1.56. The molecule has 0 heterocycles. The lowest BCUT2D eigenvalue weighted by molar-refractivity contribution is 0.0696. The Morgan fingerprint density at radius 3 is 2.82 bits per heavy atom. The predicted molar refractivity (Wildman–Crippen MR) is 65.0 cm³/mol. The first-order valence-electron chi connectivity index (χ1n) is 5.36. The molecule has 0 radical (unpaired) electrons. The number of anilines is 1. The van der Waals surface area contributed by atoms with E-state index in [0.717, 1.165) is 12.8 Å². The molecule has 3 N–H and O–H groups in total. The monoisotopic (exact) mass is 234 g/mol. The molecule has 5 heteroatoms. The van der Waals surface area contributed by atoms with Crippen LogP contribution in [0.15, 0.2) is 17.1 Å². The molecule has 2 rings (SSSR count). The third kappa shape index (κ3) is 2.55. The third-order valence-corrected chi connectivity index (χ3v) is 2.61.